The number of nitrogens with two attached hydrogens (primary N) is 1. The van der Waals surface area contributed by atoms with Crippen molar-refractivity contribution in [3.63, 3.8) is 0 Å². The van der Waals surface area contributed by atoms with Crippen molar-refractivity contribution in [1.29, 1.82) is 0 Å². The summed E-state index contributed by atoms with van der Waals surface area (Å²) >= 11 is 0. The van der Waals surface area contributed by atoms with E-state index in [0.29, 0.717) is 18.2 Å². The van der Waals surface area contributed by atoms with Crippen LogP contribution in [0, 0.1) is 0 Å². The van der Waals surface area contributed by atoms with Crippen molar-refractivity contribution in [2.45, 2.75) is 69.6 Å². The Morgan fingerprint density at radius 1 is 0.846 bits per heavy atom. The maximum atomic E-state index is 6.08. The van der Waals surface area contributed by atoms with Crippen LogP contribution in [0.25, 0.3) is 0 Å². The van der Waals surface area contributed by atoms with Gasteiger partial charge in [0.15, 0.2) is 0 Å². The molecular weight excluding hydrogens is 162 g/mol. The average Bonchev–Trinajstić information content (AvgIpc) is 2.23. The number of rotatable bonds is 2. The highest BCUT2D eigenvalue weighted by atomic mass is 16.5. The molecule has 0 heterocycles. The normalized spacial score (nSPS) is 36.7. The summed E-state index contributed by atoms with van der Waals surface area (Å²) in [5, 5.41) is 0. The van der Waals surface area contributed by atoms with Crippen LogP contribution >= 0.6 is 0 Å². The maximum absolute atomic E-state index is 6.08. The van der Waals surface area contributed by atoms with Gasteiger partial charge < -0.3 is 10.5 Å². The summed E-state index contributed by atoms with van der Waals surface area (Å²) in [7, 11) is 0. The molecule has 2 rings (SSSR count). The Morgan fingerprint density at radius 2 is 1.62 bits per heavy atom. The molecule has 0 spiro atoms. The second kappa shape index (κ2) is 4.43. The molecule has 13 heavy (non-hydrogen) atoms. The summed E-state index contributed by atoms with van der Waals surface area (Å²) in [6.45, 7) is 0. The first-order chi connectivity index (χ1) is 6.36. The zero-order valence-electron chi connectivity index (χ0n) is 8.37. The summed E-state index contributed by atoms with van der Waals surface area (Å²) in [4.78, 5) is 0. The highest BCUT2D eigenvalue weighted by Gasteiger charge is 2.27. The van der Waals surface area contributed by atoms with E-state index in [9.17, 15) is 0 Å². The molecule has 2 heteroatoms. The summed E-state index contributed by atoms with van der Waals surface area (Å²) < 4.78 is 5.99. The molecule has 0 saturated heterocycles. The minimum atomic E-state index is 0.308. The Balaban J connectivity index is 1.79. The molecule has 2 saturated carbocycles. The molecule has 0 amide bonds. The van der Waals surface area contributed by atoms with Gasteiger partial charge in [0.1, 0.15) is 0 Å². The molecule has 2 nitrogen and oxygen atoms in total. The summed E-state index contributed by atoms with van der Waals surface area (Å²) in [5.41, 5.74) is 6.08. The SMILES string of the molecule is NC1CCCCCC1OC1CCC1. The van der Waals surface area contributed by atoms with Gasteiger partial charge in [0, 0.05) is 6.04 Å². The summed E-state index contributed by atoms with van der Waals surface area (Å²) in [6, 6.07) is 0.308. The molecule has 2 aliphatic rings. The van der Waals surface area contributed by atoms with Crippen molar-refractivity contribution in [1.82, 2.24) is 0 Å². The van der Waals surface area contributed by atoms with E-state index in [2.05, 4.69) is 0 Å². The first kappa shape index (κ1) is 9.47. The van der Waals surface area contributed by atoms with Gasteiger partial charge in [-0.25, -0.2) is 0 Å². The molecule has 0 aliphatic heterocycles. The molecule has 0 aromatic heterocycles. The fourth-order valence-electron chi connectivity index (χ4n) is 2.23. The van der Waals surface area contributed by atoms with Gasteiger partial charge in [-0.1, -0.05) is 19.3 Å². The Kier molecular flexibility index (Phi) is 3.23. The van der Waals surface area contributed by atoms with Crippen molar-refractivity contribution < 1.29 is 4.74 Å². The van der Waals surface area contributed by atoms with Crippen molar-refractivity contribution in [3.05, 3.63) is 0 Å². The number of hydrogen-bond acceptors (Lipinski definition) is 2. The van der Waals surface area contributed by atoms with E-state index < -0.39 is 0 Å². The standard InChI is InChI=1S/C11H21NO/c12-10-7-2-1-3-8-11(10)13-9-5-4-6-9/h9-11H,1-8,12H2. The Labute approximate surface area is 80.8 Å². The Morgan fingerprint density at radius 3 is 2.31 bits per heavy atom. The van der Waals surface area contributed by atoms with Crippen molar-refractivity contribution >= 4 is 0 Å². The van der Waals surface area contributed by atoms with E-state index >= 15 is 0 Å². The second-order valence-electron chi connectivity index (χ2n) is 4.53. The molecule has 2 fully saturated rings. The fourth-order valence-corrected chi connectivity index (χ4v) is 2.23. The van der Waals surface area contributed by atoms with Gasteiger partial charge in [-0.05, 0) is 32.1 Å². The molecule has 2 atom stereocenters. The van der Waals surface area contributed by atoms with E-state index in [1.54, 1.807) is 0 Å². The lowest BCUT2D eigenvalue weighted by Crippen LogP contribution is -2.40. The van der Waals surface area contributed by atoms with E-state index in [0.717, 1.165) is 6.42 Å². The van der Waals surface area contributed by atoms with E-state index in [1.807, 2.05) is 0 Å². The fraction of sp³-hybridized carbons (Fsp3) is 1.00. The predicted octanol–water partition coefficient (Wildman–Crippen LogP) is 2.22. The van der Waals surface area contributed by atoms with Crippen LogP contribution in [0.5, 0.6) is 0 Å². The van der Waals surface area contributed by atoms with E-state index in [4.69, 9.17) is 10.5 Å². The smallest absolute Gasteiger partial charge is 0.0729 e. The van der Waals surface area contributed by atoms with Crippen LogP contribution in [0.2, 0.25) is 0 Å². The van der Waals surface area contributed by atoms with Crippen LogP contribution in [0.1, 0.15) is 51.4 Å². The first-order valence-corrected chi connectivity index (χ1v) is 5.77. The van der Waals surface area contributed by atoms with E-state index in [-0.39, 0.29) is 0 Å². The van der Waals surface area contributed by atoms with Gasteiger partial charge in [0.25, 0.3) is 0 Å². The molecule has 2 N–H and O–H groups in total. The van der Waals surface area contributed by atoms with Crippen LogP contribution in [0.3, 0.4) is 0 Å². The molecule has 2 unspecified atom stereocenters. The predicted molar refractivity (Wildman–Crippen MR) is 53.6 cm³/mol. The molecule has 0 aromatic rings. The Hall–Kier alpha value is -0.0800. The quantitative estimate of drug-likeness (QED) is 0.666. The van der Waals surface area contributed by atoms with Crippen LogP contribution in [-0.2, 0) is 4.74 Å². The van der Waals surface area contributed by atoms with Gasteiger partial charge in [0.2, 0.25) is 0 Å². The van der Waals surface area contributed by atoms with Crippen molar-refractivity contribution in [2.24, 2.45) is 5.73 Å². The highest BCUT2D eigenvalue weighted by molar-refractivity contribution is 4.80. The van der Waals surface area contributed by atoms with Gasteiger partial charge in [-0.3, -0.25) is 0 Å². The average molecular weight is 183 g/mol. The molecule has 76 valence electrons. The maximum Gasteiger partial charge on any atom is 0.0729 e. The summed E-state index contributed by atoms with van der Waals surface area (Å²) in [5.74, 6) is 0. The van der Waals surface area contributed by atoms with Crippen molar-refractivity contribution in [2.75, 3.05) is 0 Å². The zero-order valence-corrected chi connectivity index (χ0v) is 8.37. The minimum absolute atomic E-state index is 0.308. The molecule has 0 bridgehead atoms. The number of ether oxygens (including phenoxy) is 1. The topological polar surface area (TPSA) is 35.2 Å². The lowest BCUT2D eigenvalue weighted by Gasteiger charge is -2.32. The van der Waals surface area contributed by atoms with Crippen LogP contribution in [-0.4, -0.2) is 18.2 Å². The third kappa shape index (κ3) is 2.44. The molecular formula is C11H21NO. The minimum Gasteiger partial charge on any atom is -0.373 e. The van der Waals surface area contributed by atoms with Crippen LogP contribution in [0.4, 0.5) is 0 Å². The summed E-state index contributed by atoms with van der Waals surface area (Å²) in [6.07, 6.45) is 11.1. The van der Waals surface area contributed by atoms with Crippen molar-refractivity contribution in [3.8, 4) is 0 Å². The molecule has 0 radical (unpaired) electrons. The van der Waals surface area contributed by atoms with Gasteiger partial charge in [-0.15, -0.1) is 0 Å². The highest BCUT2D eigenvalue weighted by Crippen LogP contribution is 2.27. The largest absolute Gasteiger partial charge is 0.373 e. The van der Waals surface area contributed by atoms with Gasteiger partial charge in [0.05, 0.1) is 12.2 Å². The zero-order chi connectivity index (χ0) is 9.10. The third-order valence-electron chi connectivity index (χ3n) is 3.42. The third-order valence-corrected chi connectivity index (χ3v) is 3.42. The van der Waals surface area contributed by atoms with E-state index in [1.165, 1.54) is 44.9 Å². The molecule has 2 aliphatic carbocycles. The van der Waals surface area contributed by atoms with Gasteiger partial charge >= 0.3 is 0 Å². The molecule has 0 aromatic carbocycles. The van der Waals surface area contributed by atoms with Crippen LogP contribution < -0.4 is 5.73 Å². The number of hydrogen-bond donors (Lipinski definition) is 1. The monoisotopic (exact) mass is 183 g/mol. The Bertz CT molecular complexity index is 156. The van der Waals surface area contributed by atoms with Crippen LogP contribution in [0.15, 0.2) is 0 Å². The lowest BCUT2D eigenvalue weighted by molar-refractivity contribution is -0.0634. The van der Waals surface area contributed by atoms with Gasteiger partial charge in [-0.2, -0.15) is 0 Å². The second-order valence-corrected chi connectivity index (χ2v) is 4.53. The lowest BCUT2D eigenvalue weighted by atomic mass is 9.95. The first-order valence-electron chi connectivity index (χ1n) is 5.77.